The average molecular weight is 407 g/mol. The van der Waals surface area contributed by atoms with E-state index in [0.29, 0.717) is 40.9 Å². The van der Waals surface area contributed by atoms with Crippen molar-refractivity contribution < 1.29 is 20.1 Å². The van der Waals surface area contributed by atoms with Gasteiger partial charge in [-0.3, -0.25) is 4.79 Å². The first kappa shape index (κ1) is 21.6. The zero-order valence-electron chi connectivity index (χ0n) is 18.5. The highest BCUT2D eigenvalue weighted by Gasteiger charge is 2.62. The van der Waals surface area contributed by atoms with E-state index >= 15 is 0 Å². The lowest BCUT2D eigenvalue weighted by atomic mass is 9.44. The molecular weight excluding hydrogens is 364 g/mol. The van der Waals surface area contributed by atoms with Crippen molar-refractivity contribution in [2.75, 3.05) is 0 Å². The summed E-state index contributed by atoms with van der Waals surface area (Å²) in [5, 5.41) is 30.3. The Morgan fingerprint density at radius 3 is 2.38 bits per heavy atom. The molecule has 0 bridgehead atoms. The number of unbranched alkanes of at least 4 members (excludes halogenated alkanes) is 2. The summed E-state index contributed by atoms with van der Waals surface area (Å²) in [6.07, 6.45) is 13.1. The number of carbonyl (C=O) groups is 1. The maximum absolute atomic E-state index is 11.3. The Morgan fingerprint density at radius 1 is 0.897 bits per heavy atom. The Hall–Kier alpha value is -0.610. The topological polar surface area (TPSA) is 77.8 Å². The number of hydrogen-bond donors (Lipinski definition) is 3. The standard InChI is InChI=1S/C25H42O4/c1-24-13-11-20-23(21(27)15-17-14-18(26)10-12-25(17,20)2)19(24)9-8-16(24)6-4-3-5-7-22(28)29/h16-21,23,26-27H,3-15H2,1-2H3,(H,28,29)/t16-,17-,18+,19-,20-,21-,23-,24+,25-/m0/s1. The minimum Gasteiger partial charge on any atom is -0.481 e. The molecule has 0 amide bonds. The van der Waals surface area contributed by atoms with E-state index in [1.807, 2.05) is 0 Å². The smallest absolute Gasteiger partial charge is 0.303 e. The zero-order chi connectivity index (χ0) is 20.8. The summed E-state index contributed by atoms with van der Waals surface area (Å²) in [5.74, 6) is 2.26. The Balaban J connectivity index is 1.43. The Morgan fingerprint density at radius 2 is 1.62 bits per heavy atom. The first-order valence-corrected chi connectivity index (χ1v) is 12.3. The minimum absolute atomic E-state index is 0.164. The fourth-order valence-electron chi connectivity index (χ4n) is 8.63. The summed E-state index contributed by atoms with van der Waals surface area (Å²) in [7, 11) is 0. The minimum atomic E-state index is -0.676. The molecule has 0 aromatic heterocycles. The molecule has 0 aromatic carbocycles. The summed E-state index contributed by atoms with van der Waals surface area (Å²) in [4.78, 5) is 10.7. The van der Waals surface area contributed by atoms with Crippen molar-refractivity contribution in [2.24, 2.45) is 40.4 Å². The van der Waals surface area contributed by atoms with E-state index in [1.54, 1.807) is 0 Å². The third-order valence-electron chi connectivity index (χ3n) is 10.3. The maximum atomic E-state index is 11.3. The molecule has 29 heavy (non-hydrogen) atoms. The summed E-state index contributed by atoms with van der Waals surface area (Å²) in [6, 6.07) is 0. The monoisotopic (exact) mass is 406 g/mol. The van der Waals surface area contributed by atoms with Gasteiger partial charge < -0.3 is 15.3 Å². The van der Waals surface area contributed by atoms with Crippen LogP contribution in [0.2, 0.25) is 0 Å². The lowest BCUT2D eigenvalue weighted by Gasteiger charge is -2.62. The molecule has 4 fully saturated rings. The van der Waals surface area contributed by atoms with Gasteiger partial charge in [-0.1, -0.05) is 26.7 Å². The molecule has 0 aromatic rings. The highest BCUT2D eigenvalue weighted by Crippen LogP contribution is 2.67. The Labute approximate surface area is 176 Å². The van der Waals surface area contributed by atoms with Crippen molar-refractivity contribution in [2.45, 2.75) is 110 Å². The van der Waals surface area contributed by atoms with Gasteiger partial charge in [0.1, 0.15) is 0 Å². The van der Waals surface area contributed by atoms with Crippen molar-refractivity contribution in [3.8, 4) is 0 Å². The van der Waals surface area contributed by atoms with Crippen molar-refractivity contribution >= 4 is 5.97 Å². The quantitative estimate of drug-likeness (QED) is 0.542. The van der Waals surface area contributed by atoms with E-state index in [9.17, 15) is 15.0 Å². The predicted molar refractivity (Wildman–Crippen MR) is 113 cm³/mol. The van der Waals surface area contributed by atoms with Gasteiger partial charge in [0.25, 0.3) is 0 Å². The SMILES string of the molecule is C[C@]12CC[C@@H](O)C[C@H]1C[C@H](O)[C@@H]1[C@@H]2CC[C@]2(C)[C@@H](CCCCCC(=O)O)CC[C@@H]12. The first-order valence-electron chi connectivity index (χ1n) is 12.3. The van der Waals surface area contributed by atoms with Crippen LogP contribution in [0.4, 0.5) is 0 Å². The van der Waals surface area contributed by atoms with Crippen LogP contribution in [0.5, 0.6) is 0 Å². The van der Waals surface area contributed by atoms with Crippen LogP contribution in [0, 0.1) is 40.4 Å². The molecule has 4 aliphatic carbocycles. The van der Waals surface area contributed by atoms with Gasteiger partial charge in [-0.15, -0.1) is 0 Å². The van der Waals surface area contributed by atoms with E-state index in [4.69, 9.17) is 5.11 Å². The van der Waals surface area contributed by atoms with E-state index in [2.05, 4.69) is 13.8 Å². The van der Waals surface area contributed by atoms with Gasteiger partial charge in [0.2, 0.25) is 0 Å². The van der Waals surface area contributed by atoms with Crippen LogP contribution in [-0.2, 0) is 4.79 Å². The van der Waals surface area contributed by atoms with E-state index in [0.717, 1.165) is 50.9 Å². The van der Waals surface area contributed by atoms with Crippen LogP contribution in [0.25, 0.3) is 0 Å². The van der Waals surface area contributed by atoms with Gasteiger partial charge in [-0.25, -0.2) is 0 Å². The number of aliphatic hydroxyl groups excluding tert-OH is 2. The summed E-state index contributed by atoms with van der Waals surface area (Å²) in [5.41, 5.74) is 0.658. The van der Waals surface area contributed by atoms with Crippen LogP contribution < -0.4 is 0 Å². The third kappa shape index (κ3) is 3.78. The molecule has 0 heterocycles. The van der Waals surface area contributed by atoms with Crippen molar-refractivity contribution in [1.82, 2.24) is 0 Å². The largest absolute Gasteiger partial charge is 0.481 e. The van der Waals surface area contributed by atoms with Crippen molar-refractivity contribution in [3.63, 3.8) is 0 Å². The molecule has 0 aliphatic heterocycles. The molecule has 166 valence electrons. The number of aliphatic hydroxyl groups is 2. The highest BCUT2D eigenvalue weighted by atomic mass is 16.4. The molecule has 0 radical (unpaired) electrons. The maximum Gasteiger partial charge on any atom is 0.303 e. The zero-order valence-corrected chi connectivity index (χ0v) is 18.5. The van der Waals surface area contributed by atoms with Gasteiger partial charge in [0.05, 0.1) is 12.2 Å². The summed E-state index contributed by atoms with van der Waals surface area (Å²) in [6.45, 7) is 4.99. The molecule has 0 unspecified atom stereocenters. The van der Waals surface area contributed by atoms with E-state index < -0.39 is 5.97 Å². The number of rotatable bonds is 6. The van der Waals surface area contributed by atoms with Crippen LogP contribution >= 0.6 is 0 Å². The van der Waals surface area contributed by atoms with Crippen LogP contribution in [0.3, 0.4) is 0 Å². The van der Waals surface area contributed by atoms with E-state index in [1.165, 1.54) is 32.1 Å². The highest BCUT2D eigenvalue weighted by molar-refractivity contribution is 5.66. The van der Waals surface area contributed by atoms with Gasteiger partial charge in [-0.05, 0) is 105 Å². The molecule has 0 spiro atoms. The molecule has 4 nitrogen and oxygen atoms in total. The van der Waals surface area contributed by atoms with Crippen LogP contribution in [-0.4, -0.2) is 33.5 Å². The molecular formula is C25H42O4. The van der Waals surface area contributed by atoms with Crippen molar-refractivity contribution in [3.05, 3.63) is 0 Å². The van der Waals surface area contributed by atoms with Crippen molar-refractivity contribution in [1.29, 1.82) is 0 Å². The third-order valence-corrected chi connectivity index (χ3v) is 10.3. The van der Waals surface area contributed by atoms with Crippen LogP contribution in [0.1, 0.15) is 97.3 Å². The molecule has 0 saturated heterocycles. The van der Waals surface area contributed by atoms with Gasteiger partial charge in [-0.2, -0.15) is 0 Å². The van der Waals surface area contributed by atoms with Crippen LogP contribution in [0.15, 0.2) is 0 Å². The normalized spacial score (nSPS) is 49.2. The number of hydrogen-bond acceptors (Lipinski definition) is 3. The second kappa shape index (κ2) is 8.15. The Bertz CT molecular complexity index is 606. The number of carboxylic acid groups (broad SMARTS) is 1. The number of fused-ring (bicyclic) bond motifs is 5. The lowest BCUT2D eigenvalue weighted by Crippen LogP contribution is -2.58. The second-order valence-electron chi connectivity index (χ2n) is 11.5. The second-order valence-corrected chi connectivity index (χ2v) is 11.5. The summed E-state index contributed by atoms with van der Waals surface area (Å²) >= 11 is 0. The fraction of sp³-hybridized carbons (Fsp3) is 0.960. The fourth-order valence-corrected chi connectivity index (χ4v) is 8.63. The average Bonchev–Trinajstić information content (AvgIpc) is 2.99. The number of carboxylic acids is 1. The number of aliphatic carboxylic acids is 1. The summed E-state index contributed by atoms with van der Waals surface area (Å²) < 4.78 is 0. The van der Waals surface area contributed by atoms with Gasteiger partial charge in [0.15, 0.2) is 0 Å². The molecule has 4 heteroatoms. The molecule has 4 rings (SSSR count). The lowest BCUT2D eigenvalue weighted by molar-refractivity contribution is -0.172. The Kier molecular flexibility index (Phi) is 6.07. The molecule has 4 aliphatic rings. The van der Waals surface area contributed by atoms with Gasteiger partial charge in [0, 0.05) is 6.42 Å². The predicted octanol–water partition coefficient (Wildman–Crippen LogP) is 5.01. The van der Waals surface area contributed by atoms with Gasteiger partial charge >= 0.3 is 5.97 Å². The molecule has 9 atom stereocenters. The van der Waals surface area contributed by atoms with E-state index in [-0.39, 0.29) is 12.2 Å². The molecule has 4 saturated carbocycles. The molecule has 3 N–H and O–H groups in total. The first-order chi connectivity index (χ1) is 13.8.